The van der Waals surface area contributed by atoms with Crippen LogP contribution < -0.4 is 4.74 Å². The lowest BCUT2D eigenvalue weighted by atomic mass is 9.89. The second-order valence-corrected chi connectivity index (χ2v) is 8.88. The van der Waals surface area contributed by atoms with Crippen LogP contribution in [0.3, 0.4) is 0 Å². The summed E-state index contributed by atoms with van der Waals surface area (Å²) >= 11 is 0. The van der Waals surface area contributed by atoms with Crippen LogP contribution in [0.1, 0.15) is 50.5 Å². The Bertz CT molecular complexity index is 1080. The first-order valence-corrected chi connectivity index (χ1v) is 12.1. The molecule has 0 aliphatic carbocycles. The average molecular weight is 463 g/mol. The quantitative estimate of drug-likeness (QED) is 0.298. The Kier molecular flexibility index (Phi) is 8.12. The molecule has 3 aromatic carbocycles. The number of ether oxygens (including phenoxy) is 2. The van der Waals surface area contributed by atoms with Crippen LogP contribution >= 0.6 is 0 Å². The van der Waals surface area contributed by atoms with Gasteiger partial charge < -0.3 is 9.47 Å². The molecule has 4 rings (SSSR count). The molecule has 4 heteroatoms. The van der Waals surface area contributed by atoms with Crippen LogP contribution in [-0.2, 0) is 4.74 Å². The van der Waals surface area contributed by atoms with Crippen LogP contribution in [0.5, 0.6) is 5.75 Å². The molecule has 34 heavy (non-hydrogen) atoms. The van der Waals surface area contributed by atoms with Gasteiger partial charge in [-0.15, -0.1) is 6.58 Å². The van der Waals surface area contributed by atoms with E-state index in [0.29, 0.717) is 24.2 Å². The van der Waals surface area contributed by atoms with Gasteiger partial charge in [-0.2, -0.15) is 4.39 Å². The van der Waals surface area contributed by atoms with Gasteiger partial charge in [-0.1, -0.05) is 61.5 Å². The molecule has 0 radical (unpaired) electrons. The fourth-order valence-corrected chi connectivity index (χ4v) is 4.47. The van der Waals surface area contributed by atoms with Crippen LogP contribution in [0.4, 0.5) is 8.78 Å². The van der Waals surface area contributed by atoms with Gasteiger partial charge in [0.25, 0.3) is 0 Å². The van der Waals surface area contributed by atoms with Crippen molar-refractivity contribution in [2.75, 3.05) is 13.2 Å². The van der Waals surface area contributed by atoms with Gasteiger partial charge in [0, 0.05) is 11.5 Å². The minimum Gasteiger partial charge on any atom is -0.490 e. The van der Waals surface area contributed by atoms with Gasteiger partial charge in [-0.05, 0) is 66.5 Å². The van der Waals surface area contributed by atoms with Gasteiger partial charge in [-0.25, -0.2) is 4.39 Å². The largest absolute Gasteiger partial charge is 0.490 e. The minimum absolute atomic E-state index is 0.0459. The fraction of sp³-hybridized carbons (Fsp3) is 0.333. The van der Waals surface area contributed by atoms with Gasteiger partial charge in [0.05, 0.1) is 19.3 Å². The number of benzene rings is 3. The molecule has 1 fully saturated rings. The standard InChI is InChI=1S/C30H32F2O2/c1-3-5-6-26-16-15-25(20-34-26)23-9-7-21(8-10-23)22-11-13-24(14-12-22)27-17-18-28(33-19-4-2)30(32)29(27)31/h3,7-14,17-18,25-26H,1,4-6,15-16,19-20H2,2H3. The normalized spacial score (nSPS) is 18.0. The summed E-state index contributed by atoms with van der Waals surface area (Å²) in [5.41, 5.74) is 4.27. The first-order chi connectivity index (χ1) is 16.6. The van der Waals surface area contributed by atoms with E-state index in [9.17, 15) is 8.78 Å². The highest BCUT2D eigenvalue weighted by molar-refractivity contribution is 5.71. The molecular formula is C30H32F2O2. The Morgan fingerprint density at radius 1 is 0.912 bits per heavy atom. The highest BCUT2D eigenvalue weighted by atomic mass is 19.2. The highest BCUT2D eigenvalue weighted by Gasteiger charge is 2.22. The molecule has 0 aromatic heterocycles. The van der Waals surface area contributed by atoms with Crippen LogP contribution in [0.25, 0.3) is 22.3 Å². The number of halogens is 2. The summed E-state index contributed by atoms with van der Waals surface area (Å²) in [6, 6.07) is 19.2. The third-order valence-corrected chi connectivity index (χ3v) is 6.48. The maximum atomic E-state index is 14.6. The third kappa shape index (κ3) is 5.56. The summed E-state index contributed by atoms with van der Waals surface area (Å²) in [4.78, 5) is 0. The summed E-state index contributed by atoms with van der Waals surface area (Å²) in [6.45, 7) is 6.83. The Morgan fingerprint density at radius 3 is 2.21 bits per heavy atom. The lowest BCUT2D eigenvalue weighted by Gasteiger charge is -2.29. The Hall–Kier alpha value is -2.98. The molecule has 0 amide bonds. The van der Waals surface area contributed by atoms with Gasteiger partial charge in [0.2, 0.25) is 5.82 Å². The van der Waals surface area contributed by atoms with E-state index in [-0.39, 0.29) is 11.3 Å². The first-order valence-electron chi connectivity index (χ1n) is 12.1. The predicted octanol–water partition coefficient (Wildman–Crippen LogP) is 8.32. The van der Waals surface area contributed by atoms with Gasteiger partial charge in [0.1, 0.15) is 0 Å². The molecule has 0 bridgehead atoms. The summed E-state index contributed by atoms with van der Waals surface area (Å²) in [7, 11) is 0. The number of hydrogen-bond acceptors (Lipinski definition) is 2. The SMILES string of the molecule is C=CCCC1CCC(c2ccc(-c3ccc(-c4ccc(OCCC)c(F)c4F)cc3)cc2)CO1. The van der Waals surface area contributed by atoms with Gasteiger partial charge in [0.15, 0.2) is 11.6 Å². The highest BCUT2D eigenvalue weighted by Crippen LogP contribution is 2.33. The summed E-state index contributed by atoms with van der Waals surface area (Å²) < 4.78 is 40.3. The lowest BCUT2D eigenvalue weighted by Crippen LogP contribution is -2.24. The van der Waals surface area contributed by atoms with Crippen molar-refractivity contribution in [3.63, 3.8) is 0 Å². The van der Waals surface area contributed by atoms with Crippen LogP contribution in [0.2, 0.25) is 0 Å². The molecule has 1 saturated heterocycles. The van der Waals surface area contributed by atoms with Crippen LogP contribution in [0, 0.1) is 11.6 Å². The van der Waals surface area contributed by atoms with E-state index in [1.807, 2.05) is 37.3 Å². The lowest BCUT2D eigenvalue weighted by molar-refractivity contribution is -0.000171. The van der Waals surface area contributed by atoms with Crippen molar-refractivity contribution < 1.29 is 18.3 Å². The summed E-state index contributed by atoms with van der Waals surface area (Å²) in [5, 5.41) is 0. The van der Waals surface area contributed by atoms with E-state index >= 15 is 0 Å². The van der Waals surface area contributed by atoms with Crippen molar-refractivity contribution in [1.82, 2.24) is 0 Å². The Morgan fingerprint density at radius 2 is 1.59 bits per heavy atom. The molecule has 2 nitrogen and oxygen atoms in total. The fourth-order valence-electron chi connectivity index (χ4n) is 4.47. The second kappa shape index (κ2) is 11.4. The Balaban J connectivity index is 1.43. The molecule has 2 atom stereocenters. The second-order valence-electron chi connectivity index (χ2n) is 8.88. The van der Waals surface area contributed by atoms with E-state index in [1.54, 1.807) is 6.07 Å². The molecule has 1 aliphatic heterocycles. The third-order valence-electron chi connectivity index (χ3n) is 6.48. The monoisotopic (exact) mass is 462 g/mol. The average Bonchev–Trinajstić information content (AvgIpc) is 2.89. The summed E-state index contributed by atoms with van der Waals surface area (Å²) in [5.74, 6) is -1.44. The van der Waals surface area contributed by atoms with Gasteiger partial charge in [-0.3, -0.25) is 0 Å². The number of hydrogen-bond donors (Lipinski definition) is 0. The molecule has 3 aromatic rings. The maximum absolute atomic E-state index is 14.6. The molecule has 178 valence electrons. The molecule has 0 spiro atoms. The smallest absolute Gasteiger partial charge is 0.201 e. The number of allylic oxidation sites excluding steroid dienone is 1. The zero-order chi connectivity index (χ0) is 23.9. The van der Waals surface area contributed by atoms with Crippen LogP contribution in [-0.4, -0.2) is 19.3 Å². The molecule has 1 aliphatic rings. The van der Waals surface area contributed by atoms with Gasteiger partial charge >= 0.3 is 0 Å². The zero-order valence-corrected chi connectivity index (χ0v) is 19.7. The molecule has 0 N–H and O–H groups in total. The first kappa shape index (κ1) is 24.2. The predicted molar refractivity (Wildman–Crippen MR) is 134 cm³/mol. The molecular weight excluding hydrogens is 430 g/mol. The molecule has 1 heterocycles. The van der Waals surface area contributed by atoms with Crippen molar-refractivity contribution in [3.8, 4) is 28.0 Å². The maximum Gasteiger partial charge on any atom is 0.201 e. The summed E-state index contributed by atoms with van der Waals surface area (Å²) in [6.07, 6.45) is 7.32. The van der Waals surface area contributed by atoms with Crippen molar-refractivity contribution in [1.29, 1.82) is 0 Å². The Labute approximate surface area is 201 Å². The van der Waals surface area contributed by atoms with Crippen LogP contribution in [0.15, 0.2) is 73.3 Å². The molecule has 2 unspecified atom stereocenters. The van der Waals surface area contributed by atoms with Crippen molar-refractivity contribution in [2.45, 2.75) is 51.0 Å². The van der Waals surface area contributed by atoms with Crippen molar-refractivity contribution >= 4 is 0 Å². The van der Waals surface area contributed by atoms with Crippen molar-refractivity contribution in [2.24, 2.45) is 0 Å². The zero-order valence-electron chi connectivity index (χ0n) is 19.7. The minimum atomic E-state index is -0.940. The molecule has 0 saturated carbocycles. The van der Waals surface area contributed by atoms with E-state index in [4.69, 9.17) is 9.47 Å². The van der Waals surface area contributed by atoms with Crippen molar-refractivity contribution in [3.05, 3.63) is 90.5 Å². The van der Waals surface area contributed by atoms with E-state index in [2.05, 4.69) is 30.8 Å². The topological polar surface area (TPSA) is 18.5 Å². The van der Waals surface area contributed by atoms with E-state index < -0.39 is 11.6 Å². The van der Waals surface area contributed by atoms with E-state index in [0.717, 1.165) is 49.8 Å². The number of rotatable bonds is 9. The van der Waals surface area contributed by atoms with E-state index in [1.165, 1.54) is 11.6 Å².